The predicted molar refractivity (Wildman–Crippen MR) is 76.3 cm³/mol. The molecule has 0 aromatic heterocycles. The highest BCUT2D eigenvalue weighted by Gasteiger charge is 2.27. The Balaban J connectivity index is 2.25. The Hall–Kier alpha value is -1.69. The highest BCUT2D eigenvalue weighted by molar-refractivity contribution is 5.67. The van der Waals surface area contributed by atoms with Gasteiger partial charge in [-0.1, -0.05) is 31.4 Å². The zero-order chi connectivity index (χ0) is 15.7. The van der Waals surface area contributed by atoms with Crippen molar-refractivity contribution in [3.05, 3.63) is 37.0 Å². The SMILES string of the molecule is C=C/C=C(\C=C)COC(=O)NC1CCC(OCC(F)F)C1. The number of hydrogen-bond acceptors (Lipinski definition) is 3. The van der Waals surface area contributed by atoms with E-state index in [0.29, 0.717) is 19.3 Å². The fourth-order valence-electron chi connectivity index (χ4n) is 2.12. The molecule has 2 atom stereocenters. The van der Waals surface area contributed by atoms with Crippen LogP contribution in [0.5, 0.6) is 0 Å². The summed E-state index contributed by atoms with van der Waals surface area (Å²) in [5.74, 6) is 0. The lowest BCUT2D eigenvalue weighted by atomic mass is 10.2. The van der Waals surface area contributed by atoms with Gasteiger partial charge in [-0.3, -0.25) is 0 Å². The van der Waals surface area contributed by atoms with E-state index < -0.39 is 19.1 Å². The largest absolute Gasteiger partial charge is 0.445 e. The van der Waals surface area contributed by atoms with Crippen LogP contribution in [-0.4, -0.2) is 37.9 Å². The number of hydrogen-bond donors (Lipinski definition) is 1. The molecule has 1 saturated carbocycles. The molecule has 2 unspecified atom stereocenters. The number of alkyl halides is 2. The summed E-state index contributed by atoms with van der Waals surface area (Å²) in [6.07, 6.45) is 3.52. The minimum atomic E-state index is -2.46. The fraction of sp³-hybridized carbons (Fsp3) is 0.533. The average Bonchev–Trinajstić information content (AvgIpc) is 2.88. The second kappa shape index (κ2) is 9.28. The molecular formula is C15H21F2NO3. The van der Waals surface area contributed by atoms with E-state index in [4.69, 9.17) is 9.47 Å². The molecule has 0 aromatic carbocycles. The molecule has 0 aromatic rings. The smallest absolute Gasteiger partial charge is 0.407 e. The van der Waals surface area contributed by atoms with E-state index in [1.807, 2.05) is 0 Å². The van der Waals surface area contributed by atoms with E-state index in [1.54, 1.807) is 18.2 Å². The Morgan fingerprint density at radius 3 is 2.76 bits per heavy atom. The first-order valence-corrected chi connectivity index (χ1v) is 6.82. The van der Waals surface area contributed by atoms with Crippen molar-refractivity contribution in [2.24, 2.45) is 0 Å². The van der Waals surface area contributed by atoms with Crippen molar-refractivity contribution in [2.75, 3.05) is 13.2 Å². The minimum absolute atomic E-state index is 0.101. The van der Waals surface area contributed by atoms with Crippen molar-refractivity contribution in [2.45, 2.75) is 37.8 Å². The molecule has 4 nitrogen and oxygen atoms in total. The lowest BCUT2D eigenvalue weighted by molar-refractivity contribution is -0.0217. The van der Waals surface area contributed by atoms with Crippen LogP contribution in [0, 0.1) is 0 Å². The normalized spacial score (nSPS) is 22.1. The van der Waals surface area contributed by atoms with Crippen LogP contribution in [0.15, 0.2) is 37.0 Å². The number of halogens is 2. The molecule has 0 saturated heterocycles. The van der Waals surface area contributed by atoms with Crippen LogP contribution < -0.4 is 5.32 Å². The zero-order valence-electron chi connectivity index (χ0n) is 11.9. The number of allylic oxidation sites excluding steroid dienone is 2. The van der Waals surface area contributed by atoms with Gasteiger partial charge in [0.25, 0.3) is 6.43 Å². The van der Waals surface area contributed by atoms with Crippen LogP contribution in [0.25, 0.3) is 0 Å². The van der Waals surface area contributed by atoms with Gasteiger partial charge in [0.1, 0.15) is 13.2 Å². The second-order valence-corrected chi connectivity index (χ2v) is 4.76. The molecule has 0 heterocycles. The van der Waals surface area contributed by atoms with Gasteiger partial charge in [0.15, 0.2) is 0 Å². The van der Waals surface area contributed by atoms with Crippen LogP contribution in [0.3, 0.4) is 0 Å². The van der Waals surface area contributed by atoms with Crippen LogP contribution in [0.2, 0.25) is 0 Å². The number of rotatable bonds is 8. The minimum Gasteiger partial charge on any atom is -0.445 e. The summed E-state index contributed by atoms with van der Waals surface area (Å²) in [4.78, 5) is 11.6. The number of alkyl carbamates (subject to hydrolysis) is 1. The van der Waals surface area contributed by atoms with Gasteiger partial charge in [-0.2, -0.15) is 0 Å². The summed E-state index contributed by atoms with van der Waals surface area (Å²) < 4.78 is 34.2. The van der Waals surface area contributed by atoms with E-state index in [9.17, 15) is 13.6 Å². The molecule has 0 spiro atoms. The Labute approximate surface area is 123 Å². The highest BCUT2D eigenvalue weighted by Crippen LogP contribution is 2.22. The van der Waals surface area contributed by atoms with Crippen molar-refractivity contribution < 1.29 is 23.0 Å². The summed E-state index contributed by atoms with van der Waals surface area (Å²) in [7, 11) is 0. The maximum atomic E-state index is 12.0. The molecule has 0 aliphatic heterocycles. The van der Waals surface area contributed by atoms with Gasteiger partial charge in [-0.25, -0.2) is 13.6 Å². The van der Waals surface area contributed by atoms with Gasteiger partial charge in [0, 0.05) is 6.04 Å². The number of carbonyl (C=O) groups is 1. The topological polar surface area (TPSA) is 47.6 Å². The fourth-order valence-corrected chi connectivity index (χ4v) is 2.12. The maximum Gasteiger partial charge on any atom is 0.407 e. The van der Waals surface area contributed by atoms with E-state index >= 15 is 0 Å². The first-order valence-electron chi connectivity index (χ1n) is 6.82. The van der Waals surface area contributed by atoms with E-state index in [0.717, 1.165) is 5.57 Å². The van der Waals surface area contributed by atoms with Gasteiger partial charge in [0.2, 0.25) is 0 Å². The van der Waals surface area contributed by atoms with Gasteiger partial charge in [0.05, 0.1) is 6.10 Å². The molecular weight excluding hydrogens is 280 g/mol. The van der Waals surface area contributed by atoms with Crippen LogP contribution in [-0.2, 0) is 9.47 Å². The van der Waals surface area contributed by atoms with E-state index in [-0.39, 0.29) is 18.8 Å². The molecule has 1 rings (SSSR count). The lowest BCUT2D eigenvalue weighted by Crippen LogP contribution is -2.34. The maximum absolute atomic E-state index is 12.0. The Morgan fingerprint density at radius 1 is 1.38 bits per heavy atom. The van der Waals surface area contributed by atoms with Crippen molar-refractivity contribution in [3.8, 4) is 0 Å². The van der Waals surface area contributed by atoms with Crippen molar-refractivity contribution >= 4 is 6.09 Å². The lowest BCUT2D eigenvalue weighted by Gasteiger charge is -2.14. The number of ether oxygens (including phenoxy) is 2. The number of nitrogens with one attached hydrogen (secondary N) is 1. The van der Waals surface area contributed by atoms with Gasteiger partial charge in [-0.05, 0) is 24.8 Å². The highest BCUT2D eigenvalue weighted by atomic mass is 19.3. The summed E-state index contributed by atoms with van der Waals surface area (Å²) in [5.41, 5.74) is 0.740. The van der Waals surface area contributed by atoms with Crippen molar-refractivity contribution in [1.29, 1.82) is 0 Å². The standard InChI is InChI=1S/C15H21F2NO3/c1-3-5-11(4-2)9-21-15(19)18-12-6-7-13(8-12)20-10-14(16)17/h3-5,12-14H,1-2,6-10H2,(H,18,19)/b11-5+. The molecule has 1 aliphatic rings. The second-order valence-electron chi connectivity index (χ2n) is 4.76. The molecule has 118 valence electrons. The van der Waals surface area contributed by atoms with Gasteiger partial charge < -0.3 is 14.8 Å². The van der Waals surface area contributed by atoms with Crippen LogP contribution in [0.4, 0.5) is 13.6 Å². The third-order valence-corrected chi connectivity index (χ3v) is 3.13. The Morgan fingerprint density at radius 2 is 2.14 bits per heavy atom. The van der Waals surface area contributed by atoms with E-state index in [2.05, 4.69) is 18.5 Å². The molecule has 1 N–H and O–H groups in total. The van der Waals surface area contributed by atoms with Crippen molar-refractivity contribution in [1.82, 2.24) is 5.32 Å². The average molecular weight is 301 g/mol. The Bertz CT molecular complexity index is 396. The third-order valence-electron chi connectivity index (χ3n) is 3.13. The number of amides is 1. The zero-order valence-corrected chi connectivity index (χ0v) is 11.9. The summed E-state index contributed by atoms with van der Waals surface area (Å²) in [6.45, 7) is 6.70. The predicted octanol–water partition coefficient (Wildman–Crippen LogP) is 3.21. The van der Waals surface area contributed by atoms with Crippen LogP contribution >= 0.6 is 0 Å². The van der Waals surface area contributed by atoms with Gasteiger partial charge >= 0.3 is 6.09 Å². The molecule has 1 aliphatic carbocycles. The third kappa shape index (κ3) is 7.04. The first kappa shape index (κ1) is 17.4. The molecule has 1 amide bonds. The van der Waals surface area contributed by atoms with Gasteiger partial charge in [-0.15, -0.1) is 0 Å². The molecule has 6 heteroatoms. The molecule has 0 bridgehead atoms. The summed E-state index contributed by atoms with van der Waals surface area (Å²) >= 11 is 0. The molecule has 0 radical (unpaired) electrons. The molecule has 1 fully saturated rings. The molecule has 21 heavy (non-hydrogen) atoms. The first-order chi connectivity index (χ1) is 10.0. The summed E-state index contributed by atoms with van der Waals surface area (Å²) in [5, 5.41) is 2.70. The van der Waals surface area contributed by atoms with Crippen LogP contribution in [0.1, 0.15) is 19.3 Å². The quantitative estimate of drug-likeness (QED) is 0.700. The Kier molecular flexibility index (Phi) is 7.68. The van der Waals surface area contributed by atoms with Crippen molar-refractivity contribution in [3.63, 3.8) is 0 Å². The number of carbonyl (C=O) groups excluding carboxylic acids is 1. The summed E-state index contributed by atoms with van der Waals surface area (Å²) in [6, 6.07) is -0.101. The van der Waals surface area contributed by atoms with E-state index in [1.165, 1.54) is 0 Å². The monoisotopic (exact) mass is 301 g/mol.